The van der Waals surface area contributed by atoms with E-state index in [0.717, 1.165) is 41.5 Å². The Kier molecular flexibility index (Phi) is 13.2. The molecule has 3 rings (SSSR count). The maximum absolute atomic E-state index is 14.1. The van der Waals surface area contributed by atoms with Crippen LogP contribution in [0, 0.1) is 0 Å². The zero-order chi connectivity index (χ0) is 30.3. The summed E-state index contributed by atoms with van der Waals surface area (Å²) < 4.78 is 5.63. The number of carbonyl (C=O) groups excluding carboxylic acids is 3. The van der Waals surface area contributed by atoms with Gasteiger partial charge in [0.05, 0.1) is 0 Å². The second-order valence-corrected chi connectivity index (χ2v) is 10.5. The lowest BCUT2D eigenvalue weighted by Crippen LogP contribution is -2.56. The number of likely N-dealkylation sites (N-methyl/N-ethyl adjacent to an activating group) is 3. The summed E-state index contributed by atoms with van der Waals surface area (Å²) >= 11 is 0. The van der Waals surface area contributed by atoms with Gasteiger partial charge in [-0.1, -0.05) is 84.9 Å². The van der Waals surface area contributed by atoms with Crippen molar-refractivity contribution in [3.8, 4) is 11.1 Å². The van der Waals surface area contributed by atoms with Gasteiger partial charge in [0.1, 0.15) is 18.7 Å². The Morgan fingerprint density at radius 2 is 1.31 bits per heavy atom. The maximum Gasteiger partial charge on any atom is 0.248 e. The molecule has 3 amide bonds. The normalized spacial score (nSPS) is 12.3. The summed E-state index contributed by atoms with van der Waals surface area (Å²) in [4.78, 5) is 43.2. The first-order valence-corrected chi connectivity index (χ1v) is 14.6. The lowest BCUT2D eigenvalue weighted by molar-refractivity contribution is -0.149. The second-order valence-electron chi connectivity index (χ2n) is 10.5. The van der Waals surface area contributed by atoms with Crippen LogP contribution in [0.2, 0.25) is 0 Å². The number of hydrogen-bond acceptors (Lipinski definition) is 5. The molecule has 0 aliphatic heterocycles. The van der Waals surface area contributed by atoms with Gasteiger partial charge in [-0.15, -0.1) is 0 Å². The highest BCUT2D eigenvalue weighted by Crippen LogP contribution is 2.21. The Morgan fingerprint density at radius 1 is 0.738 bits per heavy atom. The Labute approximate surface area is 249 Å². The first kappa shape index (κ1) is 32.5. The zero-order valence-corrected chi connectivity index (χ0v) is 25.0. The number of nitrogens with two attached hydrogens (primary N) is 1. The molecule has 0 unspecified atom stereocenters. The molecule has 0 heterocycles. The Bertz CT molecular complexity index is 1250. The first-order valence-electron chi connectivity index (χ1n) is 14.6. The van der Waals surface area contributed by atoms with Gasteiger partial charge >= 0.3 is 0 Å². The first-order chi connectivity index (χ1) is 20.3. The minimum atomic E-state index is -0.825. The molecule has 224 valence electrons. The topological polar surface area (TPSA) is 105 Å². The van der Waals surface area contributed by atoms with Crippen LogP contribution in [0.25, 0.3) is 11.1 Å². The van der Waals surface area contributed by atoms with Crippen LogP contribution in [0.4, 0.5) is 0 Å². The van der Waals surface area contributed by atoms with E-state index in [4.69, 9.17) is 10.5 Å². The summed E-state index contributed by atoms with van der Waals surface area (Å²) in [5.41, 5.74) is 9.55. The molecule has 3 N–H and O–H groups in total. The van der Waals surface area contributed by atoms with Gasteiger partial charge in [-0.25, -0.2) is 0 Å². The summed E-state index contributed by atoms with van der Waals surface area (Å²) in [6, 6.07) is 26.1. The van der Waals surface area contributed by atoms with Crippen LogP contribution in [0.1, 0.15) is 30.4 Å². The number of nitrogens with one attached hydrogen (secondary N) is 1. The van der Waals surface area contributed by atoms with Crippen LogP contribution in [-0.2, 0) is 32.0 Å². The summed E-state index contributed by atoms with van der Waals surface area (Å²) in [5, 5.41) is 2.69. The van der Waals surface area contributed by atoms with Crippen LogP contribution < -0.4 is 11.1 Å². The molecular weight excluding hydrogens is 528 g/mol. The van der Waals surface area contributed by atoms with E-state index in [1.54, 1.807) is 21.1 Å². The van der Waals surface area contributed by atoms with Gasteiger partial charge in [-0.05, 0) is 48.1 Å². The maximum atomic E-state index is 14.1. The monoisotopic (exact) mass is 572 g/mol. The highest BCUT2D eigenvalue weighted by Gasteiger charge is 2.34. The number of hydrogen-bond donors (Lipinski definition) is 2. The van der Waals surface area contributed by atoms with E-state index >= 15 is 0 Å². The fourth-order valence-corrected chi connectivity index (χ4v) is 4.84. The van der Waals surface area contributed by atoms with Crippen molar-refractivity contribution in [1.82, 2.24) is 15.1 Å². The predicted molar refractivity (Wildman–Crippen MR) is 167 cm³/mol. The van der Waals surface area contributed by atoms with Crippen molar-refractivity contribution in [2.75, 3.05) is 40.9 Å². The molecule has 0 bridgehead atoms. The Morgan fingerprint density at radius 3 is 1.93 bits per heavy atom. The van der Waals surface area contributed by atoms with Crippen molar-refractivity contribution in [2.24, 2.45) is 5.73 Å². The summed E-state index contributed by atoms with van der Waals surface area (Å²) in [6.07, 6.45) is 3.32. The van der Waals surface area contributed by atoms with E-state index in [1.165, 1.54) is 9.80 Å². The number of amides is 3. The van der Waals surface area contributed by atoms with Crippen molar-refractivity contribution in [1.29, 1.82) is 0 Å². The van der Waals surface area contributed by atoms with Gasteiger partial charge in [0.15, 0.2) is 0 Å². The third-order valence-electron chi connectivity index (χ3n) is 7.49. The van der Waals surface area contributed by atoms with Crippen LogP contribution in [0.15, 0.2) is 84.9 Å². The van der Waals surface area contributed by atoms with Gasteiger partial charge in [0, 0.05) is 40.6 Å². The molecule has 0 spiro atoms. The molecule has 2 atom stereocenters. The number of unbranched alkanes of at least 4 members (excludes halogenated alkanes) is 2. The van der Waals surface area contributed by atoms with Crippen LogP contribution in [0.3, 0.4) is 0 Å². The molecule has 0 saturated heterocycles. The lowest BCUT2D eigenvalue weighted by Gasteiger charge is -2.34. The van der Waals surface area contributed by atoms with E-state index in [1.807, 2.05) is 84.9 Å². The van der Waals surface area contributed by atoms with Crippen molar-refractivity contribution in [3.63, 3.8) is 0 Å². The molecule has 42 heavy (non-hydrogen) atoms. The molecule has 0 aliphatic rings. The second kappa shape index (κ2) is 17.1. The van der Waals surface area contributed by atoms with Crippen molar-refractivity contribution in [3.05, 3.63) is 96.1 Å². The average Bonchev–Trinajstić information content (AvgIpc) is 3.03. The summed E-state index contributed by atoms with van der Waals surface area (Å²) in [5.74, 6) is -0.873. The lowest BCUT2D eigenvalue weighted by atomic mass is 9.98. The molecule has 0 radical (unpaired) electrons. The fraction of sp³-hybridized carbons (Fsp3) is 0.382. The van der Waals surface area contributed by atoms with E-state index < -0.39 is 12.1 Å². The largest absolute Gasteiger partial charge is 0.372 e. The van der Waals surface area contributed by atoms with E-state index in [0.29, 0.717) is 26.0 Å². The molecule has 8 heteroatoms. The third kappa shape index (κ3) is 9.53. The zero-order valence-electron chi connectivity index (χ0n) is 25.0. The molecule has 0 aromatic heterocycles. The molecule has 3 aromatic rings. The van der Waals surface area contributed by atoms with E-state index in [2.05, 4.69) is 5.32 Å². The molecule has 0 saturated carbocycles. The van der Waals surface area contributed by atoms with E-state index in [-0.39, 0.29) is 24.3 Å². The van der Waals surface area contributed by atoms with Gasteiger partial charge in [0.25, 0.3) is 0 Å². The molecule has 3 aromatic carbocycles. The predicted octanol–water partition coefficient (Wildman–Crippen LogP) is 3.68. The Hall–Kier alpha value is -4.01. The van der Waals surface area contributed by atoms with Crippen LogP contribution in [-0.4, -0.2) is 80.5 Å². The van der Waals surface area contributed by atoms with Crippen LogP contribution in [0.5, 0.6) is 0 Å². The standard InChI is InChI=1S/C34H44N4O4/c1-36-33(40)30(23-26-13-7-4-8-14-26)38(3)34(41)31(37(2)32(39)25-42-22-12-6-11-21-35)24-27-17-19-29(20-18-27)28-15-9-5-10-16-28/h4-5,7-10,13-20,30-31H,6,11-12,21-25,35H2,1-3H3,(H,36,40)/t30-,31-/m1/s1. The summed E-state index contributed by atoms with van der Waals surface area (Å²) in [7, 11) is 4.81. The van der Waals surface area contributed by atoms with Gasteiger partial charge in [-0.2, -0.15) is 0 Å². The molecule has 0 aliphatic carbocycles. The third-order valence-corrected chi connectivity index (χ3v) is 7.49. The van der Waals surface area contributed by atoms with Gasteiger partial charge < -0.3 is 25.6 Å². The highest BCUT2D eigenvalue weighted by molar-refractivity contribution is 5.92. The van der Waals surface area contributed by atoms with Crippen molar-refractivity contribution in [2.45, 2.75) is 44.2 Å². The SMILES string of the molecule is CNC(=O)[C@@H](Cc1ccccc1)N(C)C(=O)[C@@H](Cc1ccc(-c2ccccc2)cc1)N(C)C(=O)COCCCCCN. The van der Waals surface area contributed by atoms with Gasteiger partial charge in [0.2, 0.25) is 17.7 Å². The molecule has 8 nitrogen and oxygen atoms in total. The Balaban J connectivity index is 1.81. The number of benzene rings is 3. The van der Waals surface area contributed by atoms with E-state index in [9.17, 15) is 14.4 Å². The van der Waals surface area contributed by atoms with Crippen LogP contribution >= 0.6 is 0 Å². The highest BCUT2D eigenvalue weighted by atomic mass is 16.5. The molecular formula is C34H44N4O4. The summed E-state index contributed by atoms with van der Waals surface area (Å²) in [6.45, 7) is 0.962. The fourth-order valence-electron chi connectivity index (χ4n) is 4.84. The number of ether oxygens (including phenoxy) is 1. The quantitative estimate of drug-likeness (QED) is 0.255. The minimum Gasteiger partial charge on any atom is -0.372 e. The molecule has 0 fully saturated rings. The average molecular weight is 573 g/mol. The minimum absolute atomic E-state index is 0.123. The number of carbonyl (C=O) groups is 3. The van der Waals surface area contributed by atoms with Crippen molar-refractivity contribution < 1.29 is 19.1 Å². The smallest absolute Gasteiger partial charge is 0.248 e. The van der Waals surface area contributed by atoms with Crippen molar-refractivity contribution >= 4 is 17.7 Å². The van der Waals surface area contributed by atoms with Gasteiger partial charge in [-0.3, -0.25) is 14.4 Å². The number of nitrogens with zero attached hydrogens (tertiary/aromatic N) is 2. The number of rotatable bonds is 16.